The van der Waals surface area contributed by atoms with E-state index >= 15 is 0 Å². The maximum Gasteiger partial charge on any atom is 0.253 e. The summed E-state index contributed by atoms with van der Waals surface area (Å²) in [6, 6.07) is 14.1. The highest BCUT2D eigenvalue weighted by molar-refractivity contribution is 5.93. The van der Waals surface area contributed by atoms with Crippen LogP contribution in [0.5, 0.6) is 0 Å². The third-order valence-electron chi connectivity index (χ3n) is 4.65. The second kappa shape index (κ2) is 13.5. The Bertz CT molecular complexity index is 842. The predicted octanol–water partition coefficient (Wildman–Crippen LogP) is 3.78. The van der Waals surface area contributed by atoms with Gasteiger partial charge in [0.05, 0.1) is 5.69 Å². The fraction of sp³-hybridized carbons (Fsp3) is 0.417. The van der Waals surface area contributed by atoms with E-state index in [2.05, 4.69) is 11.4 Å². The molecular weight excluding hydrogens is 399 g/mol. The first kappa shape index (κ1) is 26.3. The van der Waals surface area contributed by atoms with Crippen LogP contribution in [-0.2, 0) is 27.3 Å². The molecule has 0 radical (unpaired) electrons. The van der Waals surface area contributed by atoms with E-state index in [4.69, 9.17) is 4.74 Å². The zero-order chi connectivity index (χ0) is 23.4. The van der Waals surface area contributed by atoms with Crippen molar-refractivity contribution in [1.82, 2.24) is 4.90 Å². The molecule has 6 nitrogen and oxygen atoms in total. The smallest absolute Gasteiger partial charge is 0.253 e. The van der Waals surface area contributed by atoms with Gasteiger partial charge in [0.25, 0.3) is 11.8 Å². The van der Waals surface area contributed by atoms with Crippen LogP contribution in [0.3, 0.4) is 0 Å². The number of para-hydroxylation sites is 1. The van der Waals surface area contributed by atoms with Gasteiger partial charge in [-0.2, -0.15) is 0 Å². The van der Waals surface area contributed by atoms with Crippen molar-refractivity contribution in [2.75, 3.05) is 19.0 Å². The first-order valence-corrected chi connectivity index (χ1v) is 10.4. The lowest BCUT2D eigenvalue weighted by molar-refractivity contribution is -0.140. The molecule has 2 amide bonds. The molecule has 0 saturated heterocycles. The molecule has 170 valence electrons. The molecule has 1 aliphatic rings. The van der Waals surface area contributed by atoms with Crippen molar-refractivity contribution in [3.63, 3.8) is 0 Å². The minimum atomic E-state index is -0.893. The van der Waals surface area contributed by atoms with Gasteiger partial charge in [-0.3, -0.25) is 9.59 Å². The largest absolute Gasteiger partial charge is 0.384 e. The molecule has 31 heavy (non-hydrogen) atoms. The number of aliphatic hydroxyl groups is 1. The van der Waals surface area contributed by atoms with Gasteiger partial charge in [0.15, 0.2) is 0 Å². The molecule has 2 aromatic rings. The number of hydrogen-bond donors (Lipinski definition) is 2. The maximum atomic E-state index is 13.1. The average Bonchev–Trinajstić information content (AvgIpc) is 2.80. The number of hydrogen-bond acceptors (Lipinski definition) is 4. The minimum Gasteiger partial charge on any atom is -0.384 e. The van der Waals surface area contributed by atoms with Gasteiger partial charge in [0.1, 0.15) is 18.0 Å². The summed E-state index contributed by atoms with van der Waals surface area (Å²) >= 11 is 0. The van der Waals surface area contributed by atoms with Crippen LogP contribution in [0.2, 0.25) is 0 Å². The zero-order valence-corrected chi connectivity index (χ0v) is 18.9. The number of nitrogens with zero attached hydrogens (tertiary/aromatic N) is 1. The second-order valence-electron chi connectivity index (χ2n) is 6.80. The van der Waals surface area contributed by atoms with Crippen LogP contribution < -0.4 is 5.32 Å². The Morgan fingerprint density at radius 1 is 1.06 bits per heavy atom. The molecule has 0 bridgehead atoms. The van der Waals surface area contributed by atoms with Crippen LogP contribution in [0.4, 0.5) is 10.1 Å². The Labute approximate surface area is 184 Å². The highest BCUT2D eigenvalue weighted by Crippen LogP contribution is 2.18. The Morgan fingerprint density at radius 3 is 2.23 bits per heavy atom. The molecule has 2 unspecified atom stereocenters. The summed E-state index contributed by atoms with van der Waals surface area (Å²) in [5, 5.41) is 11.7. The number of carbonyl (C=O) groups excluding carboxylic acids is 2. The third-order valence-corrected chi connectivity index (χ3v) is 4.65. The predicted molar refractivity (Wildman–Crippen MR) is 120 cm³/mol. The summed E-state index contributed by atoms with van der Waals surface area (Å²) in [6.07, 6.45) is -0.598. The molecule has 0 aromatic heterocycles. The summed E-state index contributed by atoms with van der Waals surface area (Å²) in [5.41, 5.74) is 2.67. The quantitative estimate of drug-likeness (QED) is 0.771. The molecule has 0 fully saturated rings. The van der Waals surface area contributed by atoms with E-state index in [1.165, 1.54) is 37.3 Å². The van der Waals surface area contributed by atoms with Crippen LogP contribution in [0, 0.1) is 5.82 Å². The molecule has 2 atom stereocenters. The summed E-state index contributed by atoms with van der Waals surface area (Å²) in [6.45, 7) is 8.44. The Balaban J connectivity index is 0.000000288. The zero-order valence-electron chi connectivity index (χ0n) is 18.9. The average molecular weight is 433 g/mol. The molecule has 7 heteroatoms. The maximum absolute atomic E-state index is 13.1. The number of benzene rings is 2. The van der Waals surface area contributed by atoms with Crippen LogP contribution >= 0.6 is 0 Å². The molecule has 3 rings (SSSR count). The normalized spacial score (nSPS) is 14.0. The third kappa shape index (κ3) is 8.11. The number of fused-ring (bicyclic) bond motifs is 1. The van der Waals surface area contributed by atoms with Crippen LogP contribution in [0.25, 0.3) is 0 Å². The van der Waals surface area contributed by atoms with Crippen molar-refractivity contribution < 1.29 is 23.8 Å². The van der Waals surface area contributed by atoms with E-state index < -0.39 is 18.0 Å². The van der Waals surface area contributed by atoms with Crippen molar-refractivity contribution in [2.45, 2.75) is 52.9 Å². The van der Waals surface area contributed by atoms with Crippen molar-refractivity contribution in [3.05, 3.63) is 65.5 Å². The topological polar surface area (TPSA) is 78.9 Å². The second-order valence-corrected chi connectivity index (χ2v) is 6.80. The lowest BCUT2D eigenvalue weighted by Crippen LogP contribution is -2.41. The van der Waals surface area contributed by atoms with E-state index in [1.54, 1.807) is 24.0 Å². The number of nitrogens with one attached hydrogen (secondary N) is 1. The standard InChI is InChI=1S/C12H15NO2.C10H12FNO2.C2H6/c1-9(14)12(15)13-7-6-10-4-2-3-5-11(10)8-13;1-7(14-2)10(13)12-9-6-4-3-5-8(9)11;1-2/h2-5,9,14H,6-8H2,1H3;3-7H,1-2H3,(H,12,13);1-2H3. The summed E-state index contributed by atoms with van der Waals surface area (Å²) in [5.74, 6) is -0.994. The number of rotatable bonds is 4. The summed E-state index contributed by atoms with van der Waals surface area (Å²) < 4.78 is 17.9. The van der Waals surface area contributed by atoms with Gasteiger partial charge in [0.2, 0.25) is 0 Å². The highest BCUT2D eigenvalue weighted by atomic mass is 19.1. The molecule has 0 saturated carbocycles. The van der Waals surface area contributed by atoms with Gasteiger partial charge in [-0.15, -0.1) is 0 Å². The fourth-order valence-corrected chi connectivity index (χ4v) is 2.85. The molecule has 2 N–H and O–H groups in total. The Hall–Kier alpha value is -2.77. The molecule has 0 spiro atoms. The van der Waals surface area contributed by atoms with E-state index in [0.717, 1.165) is 6.42 Å². The number of ether oxygens (including phenoxy) is 1. The van der Waals surface area contributed by atoms with Crippen LogP contribution in [0.15, 0.2) is 48.5 Å². The molecule has 2 aromatic carbocycles. The minimum absolute atomic E-state index is 0.168. The van der Waals surface area contributed by atoms with Crippen molar-refractivity contribution in [3.8, 4) is 0 Å². The lowest BCUT2D eigenvalue weighted by atomic mass is 10.00. The summed E-state index contributed by atoms with van der Waals surface area (Å²) in [7, 11) is 1.42. The number of methoxy groups -OCH3 is 1. The van der Waals surface area contributed by atoms with E-state index in [9.17, 15) is 19.1 Å². The first-order chi connectivity index (χ1) is 14.8. The van der Waals surface area contributed by atoms with E-state index in [1.807, 2.05) is 32.0 Å². The Kier molecular flexibility index (Phi) is 11.5. The Morgan fingerprint density at radius 2 is 1.65 bits per heavy atom. The fourth-order valence-electron chi connectivity index (χ4n) is 2.85. The van der Waals surface area contributed by atoms with Gasteiger partial charge in [0, 0.05) is 20.2 Å². The highest BCUT2D eigenvalue weighted by Gasteiger charge is 2.22. The van der Waals surface area contributed by atoms with Gasteiger partial charge < -0.3 is 20.1 Å². The summed E-state index contributed by atoms with van der Waals surface area (Å²) in [4.78, 5) is 24.6. The van der Waals surface area contributed by atoms with Gasteiger partial charge in [-0.1, -0.05) is 50.2 Å². The number of amides is 2. The van der Waals surface area contributed by atoms with Crippen molar-refractivity contribution >= 4 is 17.5 Å². The molecule has 1 heterocycles. The monoisotopic (exact) mass is 432 g/mol. The van der Waals surface area contributed by atoms with Crippen LogP contribution in [-0.4, -0.2) is 47.7 Å². The van der Waals surface area contributed by atoms with Gasteiger partial charge >= 0.3 is 0 Å². The van der Waals surface area contributed by atoms with Crippen molar-refractivity contribution in [1.29, 1.82) is 0 Å². The molecular formula is C24H33FN2O4. The van der Waals surface area contributed by atoms with E-state index in [-0.39, 0.29) is 17.5 Å². The SMILES string of the molecule is CC.CC(O)C(=O)N1CCc2ccccc2C1.COC(C)C(=O)Nc1ccccc1F. The lowest BCUT2D eigenvalue weighted by Gasteiger charge is -2.29. The van der Waals surface area contributed by atoms with Gasteiger partial charge in [-0.25, -0.2) is 4.39 Å². The van der Waals surface area contributed by atoms with Crippen molar-refractivity contribution in [2.24, 2.45) is 0 Å². The number of anilines is 1. The number of carbonyl (C=O) groups is 2. The molecule has 1 aliphatic heterocycles. The van der Waals surface area contributed by atoms with E-state index in [0.29, 0.717) is 13.1 Å². The number of halogens is 1. The van der Waals surface area contributed by atoms with Gasteiger partial charge in [-0.05, 0) is 43.5 Å². The number of aliphatic hydroxyl groups excluding tert-OH is 1. The molecule has 0 aliphatic carbocycles. The van der Waals surface area contributed by atoms with Crippen LogP contribution in [0.1, 0.15) is 38.8 Å². The first-order valence-electron chi connectivity index (χ1n) is 10.4.